The van der Waals surface area contributed by atoms with Crippen LogP contribution in [0.25, 0.3) is 0 Å². The molecule has 0 bridgehead atoms. The lowest BCUT2D eigenvalue weighted by Crippen LogP contribution is -2.27. The first-order valence-corrected chi connectivity index (χ1v) is 4.21. The van der Waals surface area contributed by atoms with Gasteiger partial charge in [-0.15, -0.1) is 6.58 Å². The molecule has 0 heterocycles. The van der Waals surface area contributed by atoms with E-state index in [0.717, 1.165) is 0 Å². The van der Waals surface area contributed by atoms with Gasteiger partial charge in [-0.05, 0) is 6.92 Å². The van der Waals surface area contributed by atoms with E-state index in [9.17, 15) is 4.79 Å². The van der Waals surface area contributed by atoms with Gasteiger partial charge < -0.3 is 9.64 Å². The van der Waals surface area contributed by atoms with Crippen LogP contribution in [0.3, 0.4) is 0 Å². The molecular formula is C9H19NO2. The summed E-state index contributed by atoms with van der Waals surface area (Å²) in [5.41, 5.74) is 0. The van der Waals surface area contributed by atoms with Crippen molar-refractivity contribution in [1.29, 1.82) is 0 Å². The number of rotatable bonds is 3. The van der Waals surface area contributed by atoms with Crippen molar-refractivity contribution < 1.29 is 9.53 Å². The van der Waals surface area contributed by atoms with Crippen LogP contribution >= 0.6 is 0 Å². The standard InChI is InChI=1S/C7H13NO2.C2H6/c1-4-6-8(3)7(9)10-5-2;1-2/h4H,1,5-6H2,2-3H3;1-2H3. The molecule has 0 aromatic carbocycles. The molecule has 0 fully saturated rings. The number of carbonyl (C=O) groups is 1. The SMILES string of the molecule is C=CCN(C)C(=O)OCC.CC. The average molecular weight is 173 g/mol. The molecule has 0 atom stereocenters. The number of likely N-dealkylation sites (N-methyl/N-ethyl adjacent to an activating group) is 1. The Hall–Kier alpha value is -0.990. The van der Waals surface area contributed by atoms with Gasteiger partial charge in [0.1, 0.15) is 0 Å². The Morgan fingerprint density at radius 2 is 2.08 bits per heavy atom. The third-order valence-electron chi connectivity index (χ3n) is 0.982. The third kappa shape index (κ3) is 7.12. The van der Waals surface area contributed by atoms with Gasteiger partial charge in [0, 0.05) is 13.6 Å². The van der Waals surface area contributed by atoms with E-state index in [0.29, 0.717) is 13.2 Å². The van der Waals surface area contributed by atoms with Crippen molar-refractivity contribution in [3.63, 3.8) is 0 Å². The maximum absolute atomic E-state index is 10.8. The van der Waals surface area contributed by atoms with Crippen molar-refractivity contribution in [1.82, 2.24) is 4.90 Å². The summed E-state index contributed by atoms with van der Waals surface area (Å²) < 4.78 is 4.70. The number of ether oxygens (including phenoxy) is 1. The van der Waals surface area contributed by atoms with E-state index in [-0.39, 0.29) is 6.09 Å². The first-order chi connectivity index (χ1) is 5.72. The molecule has 0 saturated carbocycles. The quantitative estimate of drug-likeness (QED) is 0.613. The number of hydrogen-bond acceptors (Lipinski definition) is 2. The number of amides is 1. The fourth-order valence-corrected chi connectivity index (χ4v) is 0.502. The molecule has 0 aromatic heterocycles. The van der Waals surface area contributed by atoms with Crippen LogP contribution in [0.2, 0.25) is 0 Å². The Balaban J connectivity index is 0. The lowest BCUT2D eigenvalue weighted by atomic mass is 10.6. The molecule has 1 amide bonds. The fourth-order valence-electron chi connectivity index (χ4n) is 0.502. The summed E-state index contributed by atoms with van der Waals surface area (Å²) in [7, 11) is 1.67. The van der Waals surface area contributed by atoms with E-state index in [2.05, 4.69) is 6.58 Å². The predicted octanol–water partition coefficient (Wildman–Crippen LogP) is 2.29. The zero-order valence-electron chi connectivity index (χ0n) is 8.46. The van der Waals surface area contributed by atoms with E-state index in [4.69, 9.17) is 4.74 Å². The first-order valence-electron chi connectivity index (χ1n) is 4.21. The van der Waals surface area contributed by atoms with Crippen LogP contribution < -0.4 is 0 Å². The summed E-state index contributed by atoms with van der Waals surface area (Å²) in [6, 6.07) is 0. The molecule has 0 aliphatic rings. The third-order valence-corrected chi connectivity index (χ3v) is 0.982. The highest BCUT2D eigenvalue weighted by Crippen LogP contribution is 1.88. The molecule has 0 spiro atoms. The van der Waals surface area contributed by atoms with Crippen molar-refractivity contribution in [2.24, 2.45) is 0 Å². The zero-order chi connectivity index (χ0) is 9.98. The van der Waals surface area contributed by atoms with Crippen LogP contribution in [0.5, 0.6) is 0 Å². The highest BCUT2D eigenvalue weighted by Gasteiger charge is 2.04. The molecule has 0 aliphatic carbocycles. The van der Waals surface area contributed by atoms with Crippen LogP contribution in [0.15, 0.2) is 12.7 Å². The summed E-state index contributed by atoms with van der Waals surface area (Å²) >= 11 is 0. The van der Waals surface area contributed by atoms with Crippen LogP contribution in [-0.2, 0) is 4.74 Å². The maximum Gasteiger partial charge on any atom is 0.409 e. The highest BCUT2D eigenvalue weighted by molar-refractivity contribution is 5.67. The largest absolute Gasteiger partial charge is 0.450 e. The van der Waals surface area contributed by atoms with Gasteiger partial charge in [0.25, 0.3) is 0 Å². The summed E-state index contributed by atoms with van der Waals surface area (Å²) in [5, 5.41) is 0. The van der Waals surface area contributed by atoms with Crippen molar-refractivity contribution in [2.75, 3.05) is 20.2 Å². The van der Waals surface area contributed by atoms with Gasteiger partial charge in [-0.3, -0.25) is 0 Å². The van der Waals surface area contributed by atoms with Gasteiger partial charge >= 0.3 is 6.09 Å². The zero-order valence-corrected chi connectivity index (χ0v) is 8.46. The van der Waals surface area contributed by atoms with Crippen molar-refractivity contribution >= 4 is 6.09 Å². The average Bonchev–Trinajstić information content (AvgIpc) is 2.09. The molecular weight excluding hydrogens is 154 g/mol. The Labute approximate surface area is 75.0 Å². The number of carbonyl (C=O) groups excluding carboxylic acids is 1. The molecule has 0 N–H and O–H groups in total. The molecule has 3 heteroatoms. The number of hydrogen-bond donors (Lipinski definition) is 0. The molecule has 72 valence electrons. The summed E-state index contributed by atoms with van der Waals surface area (Å²) in [6.45, 7) is 10.2. The first kappa shape index (κ1) is 13.6. The molecule has 0 saturated heterocycles. The fraction of sp³-hybridized carbons (Fsp3) is 0.667. The minimum atomic E-state index is -0.303. The van der Waals surface area contributed by atoms with Crippen LogP contribution in [0.4, 0.5) is 4.79 Å². The Morgan fingerprint density at radius 3 is 2.42 bits per heavy atom. The topological polar surface area (TPSA) is 29.5 Å². The van der Waals surface area contributed by atoms with Crippen molar-refractivity contribution in [3.8, 4) is 0 Å². The Kier molecular flexibility index (Phi) is 11.3. The monoisotopic (exact) mass is 173 g/mol. The van der Waals surface area contributed by atoms with E-state index in [1.54, 1.807) is 20.0 Å². The maximum atomic E-state index is 10.8. The Bertz CT molecular complexity index is 124. The second-order valence-electron chi connectivity index (χ2n) is 1.87. The molecule has 0 unspecified atom stereocenters. The summed E-state index contributed by atoms with van der Waals surface area (Å²) in [5.74, 6) is 0. The molecule has 0 rings (SSSR count). The van der Waals surface area contributed by atoms with Crippen LogP contribution in [0, 0.1) is 0 Å². The highest BCUT2D eigenvalue weighted by atomic mass is 16.5. The summed E-state index contributed by atoms with van der Waals surface area (Å²) in [6.07, 6.45) is 1.35. The predicted molar refractivity (Wildman–Crippen MR) is 51.2 cm³/mol. The van der Waals surface area contributed by atoms with Gasteiger partial charge in [-0.1, -0.05) is 19.9 Å². The van der Waals surface area contributed by atoms with Crippen molar-refractivity contribution in [3.05, 3.63) is 12.7 Å². The van der Waals surface area contributed by atoms with Crippen LogP contribution in [-0.4, -0.2) is 31.2 Å². The second-order valence-corrected chi connectivity index (χ2v) is 1.87. The van der Waals surface area contributed by atoms with E-state index in [1.807, 2.05) is 13.8 Å². The molecule has 0 radical (unpaired) electrons. The van der Waals surface area contributed by atoms with Gasteiger partial charge in [0.2, 0.25) is 0 Å². The molecule has 0 aliphatic heterocycles. The van der Waals surface area contributed by atoms with E-state index < -0.39 is 0 Å². The van der Waals surface area contributed by atoms with Gasteiger partial charge in [-0.25, -0.2) is 4.79 Å². The van der Waals surface area contributed by atoms with Crippen molar-refractivity contribution in [2.45, 2.75) is 20.8 Å². The lowest BCUT2D eigenvalue weighted by Gasteiger charge is -2.13. The molecule has 0 aromatic rings. The second kappa shape index (κ2) is 10.0. The smallest absolute Gasteiger partial charge is 0.409 e. The molecule has 12 heavy (non-hydrogen) atoms. The number of nitrogens with zero attached hydrogens (tertiary/aromatic N) is 1. The normalized spacial score (nSPS) is 7.67. The van der Waals surface area contributed by atoms with Gasteiger partial charge in [-0.2, -0.15) is 0 Å². The Morgan fingerprint density at radius 1 is 1.58 bits per heavy atom. The van der Waals surface area contributed by atoms with Gasteiger partial charge in [0.15, 0.2) is 0 Å². The summed E-state index contributed by atoms with van der Waals surface area (Å²) in [4.78, 5) is 12.2. The van der Waals surface area contributed by atoms with E-state index in [1.165, 1.54) is 4.90 Å². The molecule has 3 nitrogen and oxygen atoms in total. The van der Waals surface area contributed by atoms with E-state index >= 15 is 0 Å². The van der Waals surface area contributed by atoms with Crippen LogP contribution in [0.1, 0.15) is 20.8 Å². The van der Waals surface area contributed by atoms with Gasteiger partial charge in [0.05, 0.1) is 6.61 Å². The minimum Gasteiger partial charge on any atom is -0.450 e. The minimum absolute atomic E-state index is 0.303. The lowest BCUT2D eigenvalue weighted by molar-refractivity contribution is 0.120.